The highest BCUT2D eigenvalue weighted by atomic mass is 79.9. The molecule has 0 saturated heterocycles. The molecule has 0 saturated carbocycles. The number of esters is 2. The highest BCUT2D eigenvalue weighted by Gasteiger charge is 2.28. The number of carbonyl (C=O) groups excluding carboxylic acids is 2. The minimum absolute atomic E-state index is 0.367. The van der Waals surface area contributed by atoms with E-state index in [2.05, 4.69) is 77.6 Å². The molecule has 45 heavy (non-hydrogen) atoms. The van der Waals surface area contributed by atoms with Gasteiger partial charge in [-0.15, -0.1) is 0 Å². The summed E-state index contributed by atoms with van der Waals surface area (Å²) in [6.45, 7) is 4.14. The van der Waals surface area contributed by atoms with Gasteiger partial charge in [-0.05, 0) is 147 Å². The smallest absolute Gasteiger partial charge is 0.336 e. The monoisotopic (exact) mass is 860 g/mol. The van der Waals surface area contributed by atoms with Gasteiger partial charge in [0.25, 0.3) is 0 Å². The number of halogens is 4. The summed E-state index contributed by atoms with van der Waals surface area (Å²) in [4.78, 5) is 25.2. The summed E-state index contributed by atoms with van der Waals surface area (Å²) < 4.78 is 24.1. The lowest BCUT2D eigenvalue weighted by molar-refractivity contribution is -0.129. The third kappa shape index (κ3) is 8.97. The van der Waals surface area contributed by atoms with Gasteiger partial charge in [-0.1, -0.05) is 38.1 Å². The molecule has 0 aliphatic carbocycles. The molecule has 0 fully saturated rings. The fourth-order valence-electron chi connectivity index (χ4n) is 4.23. The maximum atomic E-state index is 12.6. The number of ether oxygens (including phenoxy) is 4. The van der Waals surface area contributed by atoms with E-state index < -0.39 is 17.4 Å². The molecular weight excluding hydrogens is 836 g/mol. The van der Waals surface area contributed by atoms with E-state index in [-0.39, 0.29) is 0 Å². The van der Waals surface area contributed by atoms with Crippen molar-refractivity contribution in [1.82, 2.24) is 0 Å². The summed E-state index contributed by atoms with van der Waals surface area (Å²) in [5.74, 6) is 1.17. The summed E-state index contributed by atoms with van der Waals surface area (Å²) in [5.41, 5.74) is 3.07. The predicted molar refractivity (Wildman–Crippen MR) is 191 cm³/mol. The molecule has 0 bridgehead atoms. The Morgan fingerprint density at radius 3 is 1.18 bits per heavy atom. The summed E-state index contributed by atoms with van der Waals surface area (Å²) in [6, 6.07) is 22.3. The van der Waals surface area contributed by atoms with E-state index in [4.69, 9.17) is 18.9 Å². The maximum Gasteiger partial charge on any atom is 0.336 e. The van der Waals surface area contributed by atoms with E-state index >= 15 is 0 Å². The van der Waals surface area contributed by atoms with Gasteiger partial charge in [0, 0.05) is 17.6 Å². The molecule has 0 heterocycles. The lowest BCUT2D eigenvalue weighted by atomic mass is 9.78. The first-order chi connectivity index (χ1) is 21.4. The topological polar surface area (TPSA) is 71.1 Å². The maximum absolute atomic E-state index is 12.6. The lowest BCUT2D eigenvalue weighted by Gasteiger charge is -2.28. The van der Waals surface area contributed by atoms with Crippen LogP contribution in [0.1, 0.15) is 36.1 Å². The molecule has 0 aliphatic rings. The number of benzene rings is 4. The zero-order valence-corrected chi connectivity index (χ0v) is 31.0. The first-order valence-electron chi connectivity index (χ1n) is 13.5. The van der Waals surface area contributed by atoms with Crippen LogP contribution in [-0.4, -0.2) is 26.2 Å². The van der Waals surface area contributed by atoms with Crippen LogP contribution in [0.2, 0.25) is 0 Å². The Balaban J connectivity index is 1.48. The van der Waals surface area contributed by atoms with Crippen molar-refractivity contribution < 1.29 is 28.5 Å². The number of hydrogen-bond acceptors (Lipinski definition) is 6. The van der Waals surface area contributed by atoms with Crippen LogP contribution in [0.25, 0.3) is 12.2 Å². The van der Waals surface area contributed by atoms with Crippen LogP contribution in [0.3, 0.4) is 0 Å². The van der Waals surface area contributed by atoms with Crippen molar-refractivity contribution in [3.63, 3.8) is 0 Å². The summed E-state index contributed by atoms with van der Waals surface area (Å²) in [6.07, 6.45) is 6.09. The van der Waals surface area contributed by atoms with Crippen molar-refractivity contribution >= 4 is 87.8 Å². The molecule has 0 spiro atoms. The van der Waals surface area contributed by atoms with Crippen molar-refractivity contribution in [2.45, 2.75) is 19.3 Å². The minimum atomic E-state index is -0.518. The normalized spacial score (nSPS) is 11.6. The standard InChI is InChI=1S/C35H28Br4O6/c1-35(2,23-17-27(36)33(28(37)18-23)44-31(40)15-9-21-5-11-25(42-3)12-6-21)24-19-29(38)34(30(39)20-24)45-32(41)16-10-22-7-13-26(43-4)14-8-22/h5-20H,1-4H3. The third-order valence-electron chi connectivity index (χ3n) is 6.90. The van der Waals surface area contributed by atoms with E-state index in [1.54, 1.807) is 26.4 Å². The van der Waals surface area contributed by atoms with Crippen molar-refractivity contribution in [3.05, 3.63) is 125 Å². The van der Waals surface area contributed by atoms with Crippen molar-refractivity contribution in [3.8, 4) is 23.0 Å². The molecule has 0 radical (unpaired) electrons. The Bertz CT molecular complexity index is 1590. The molecule has 4 rings (SSSR count). The van der Waals surface area contributed by atoms with Crippen molar-refractivity contribution in [1.29, 1.82) is 0 Å². The quantitative estimate of drug-likeness (QED) is 0.0899. The Hall–Kier alpha value is -3.18. The van der Waals surface area contributed by atoms with Gasteiger partial charge in [0.05, 0.1) is 32.1 Å². The molecule has 232 valence electrons. The Morgan fingerprint density at radius 1 is 0.578 bits per heavy atom. The van der Waals surface area contributed by atoms with E-state index in [1.165, 1.54) is 12.2 Å². The van der Waals surface area contributed by atoms with Crippen molar-refractivity contribution in [2.75, 3.05) is 14.2 Å². The fourth-order valence-corrected chi connectivity index (χ4v) is 6.93. The molecule has 0 amide bonds. The summed E-state index contributed by atoms with van der Waals surface area (Å²) in [7, 11) is 3.20. The van der Waals surface area contributed by atoms with Gasteiger partial charge in [0.2, 0.25) is 0 Å². The molecule has 6 nitrogen and oxygen atoms in total. The minimum Gasteiger partial charge on any atom is -0.497 e. The highest BCUT2D eigenvalue weighted by Crippen LogP contribution is 2.44. The van der Waals surface area contributed by atoms with Gasteiger partial charge in [0.1, 0.15) is 11.5 Å². The van der Waals surface area contributed by atoms with E-state index in [1.807, 2.05) is 72.8 Å². The largest absolute Gasteiger partial charge is 0.497 e. The van der Waals surface area contributed by atoms with Gasteiger partial charge in [-0.2, -0.15) is 0 Å². The fraction of sp³-hybridized carbons (Fsp3) is 0.143. The second-order valence-electron chi connectivity index (χ2n) is 10.2. The first-order valence-corrected chi connectivity index (χ1v) is 16.7. The summed E-state index contributed by atoms with van der Waals surface area (Å²) in [5, 5.41) is 0. The average Bonchev–Trinajstić information content (AvgIpc) is 3.02. The molecule has 0 atom stereocenters. The Kier molecular flexibility index (Phi) is 11.9. The van der Waals surface area contributed by atoms with Crippen molar-refractivity contribution in [2.24, 2.45) is 0 Å². The second kappa shape index (κ2) is 15.4. The number of hydrogen-bond donors (Lipinski definition) is 0. The Morgan fingerprint density at radius 2 is 0.889 bits per heavy atom. The molecule has 0 aromatic heterocycles. The van der Waals surface area contributed by atoms with E-state index in [0.717, 1.165) is 33.8 Å². The predicted octanol–water partition coefficient (Wildman–Crippen LogP) is 10.3. The highest BCUT2D eigenvalue weighted by molar-refractivity contribution is 9.11. The van der Waals surface area contributed by atoms with Gasteiger partial charge < -0.3 is 18.9 Å². The zero-order chi connectivity index (χ0) is 32.7. The van der Waals surface area contributed by atoms with Gasteiger partial charge in [-0.3, -0.25) is 0 Å². The van der Waals surface area contributed by atoms with Gasteiger partial charge in [-0.25, -0.2) is 9.59 Å². The number of methoxy groups -OCH3 is 2. The van der Waals surface area contributed by atoms with E-state index in [9.17, 15) is 9.59 Å². The van der Waals surface area contributed by atoms with E-state index in [0.29, 0.717) is 29.4 Å². The molecule has 0 unspecified atom stereocenters. The van der Waals surface area contributed by atoms with Crippen LogP contribution in [0.15, 0.2) is 103 Å². The van der Waals surface area contributed by atoms with Gasteiger partial charge >= 0.3 is 11.9 Å². The molecule has 4 aromatic rings. The van der Waals surface area contributed by atoms with Crippen LogP contribution in [-0.2, 0) is 15.0 Å². The molecule has 4 aromatic carbocycles. The molecule has 10 heteroatoms. The second-order valence-corrected chi connectivity index (χ2v) is 13.6. The third-order valence-corrected chi connectivity index (χ3v) is 9.26. The lowest BCUT2D eigenvalue weighted by Crippen LogP contribution is -2.20. The zero-order valence-electron chi connectivity index (χ0n) is 24.7. The molecule has 0 N–H and O–H groups in total. The van der Waals surface area contributed by atoms with Crippen LogP contribution < -0.4 is 18.9 Å². The number of rotatable bonds is 10. The molecular formula is C35H28Br4O6. The SMILES string of the molecule is COc1ccc(C=CC(=O)Oc2c(Br)cc(C(C)(C)c3cc(Br)c(OC(=O)C=Cc4ccc(OC)cc4)c(Br)c3)cc2Br)cc1. The first kappa shape index (κ1) is 34.7. The number of carbonyl (C=O) groups is 2. The van der Waals surface area contributed by atoms with Crippen LogP contribution in [0.5, 0.6) is 23.0 Å². The van der Waals surface area contributed by atoms with Crippen LogP contribution >= 0.6 is 63.7 Å². The summed E-state index contributed by atoms with van der Waals surface area (Å²) >= 11 is 14.3. The van der Waals surface area contributed by atoms with Crippen LogP contribution in [0, 0.1) is 0 Å². The average molecular weight is 864 g/mol. The van der Waals surface area contributed by atoms with Crippen LogP contribution in [0.4, 0.5) is 0 Å². The Labute approximate surface area is 295 Å². The molecule has 0 aliphatic heterocycles. The van der Waals surface area contributed by atoms with Gasteiger partial charge in [0.15, 0.2) is 11.5 Å².